The summed E-state index contributed by atoms with van der Waals surface area (Å²) >= 11 is 0. The molecule has 4 nitrogen and oxygen atoms in total. The van der Waals surface area contributed by atoms with Crippen LogP contribution in [-0.4, -0.2) is 30.2 Å². The van der Waals surface area contributed by atoms with Crippen molar-refractivity contribution < 1.29 is 4.79 Å². The number of nitrogens with one attached hydrogen (secondary N) is 3. The Kier molecular flexibility index (Phi) is 3.97. The molecule has 1 saturated heterocycles. The van der Waals surface area contributed by atoms with Gasteiger partial charge < -0.3 is 16.0 Å². The average molecular weight is 213 g/mol. The second-order valence-electron chi connectivity index (χ2n) is 5.34. The van der Waals surface area contributed by atoms with Gasteiger partial charge in [-0.3, -0.25) is 0 Å². The summed E-state index contributed by atoms with van der Waals surface area (Å²) in [5, 5.41) is 9.28. The lowest BCUT2D eigenvalue weighted by molar-refractivity contribution is 0.219. The Labute approximate surface area is 92.2 Å². The first kappa shape index (κ1) is 12.3. The van der Waals surface area contributed by atoms with Crippen LogP contribution >= 0.6 is 0 Å². The molecule has 3 N–H and O–H groups in total. The van der Waals surface area contributed by atoms with Gasteiger partial charge >= 0.3 is 6.03 Å². The molecule has 4 heteroatoms. The second kappa shape index (κ2) is 4.84. The van der Waals surface area contributed by atoms with Crippen LogP contribution in [0.3, 0.4) is 0 Å². The van der Waals surface area contributed by atoms with E-state index in [1.54, 1.807) is 0 Å². The minimum absolute atomic E-state index is 0.0666. The molecular formula is C11H23N3O. The maximum Gasteiger partial charge on any atom is 0.315 e. The quantitative estimate of drug-likeness (QED) is 0.613. The molecule has 88 valence electrons. The van der Waals surface area contributed by atoms with Crippen LogP contribution in [0.15, 0.2) is 0 Å². The molecule has 0 aliphatic carbocycles. The van der Waals surface area contributed by atoms with E-state index in [0.717, 1.165) is 19.4 Å². The maximum absolute atomic E-state index is 11.6. The van der Waals surface area contributed by atoms with E-state index in [0.29, 0.717) is 6.04 Å². The van der Waals surface area contributed by atoms with Crippen molar-refractivity contribution in [2.24, 2.45) is 0 Å². The zero-order valence-corrected chi connectivity index (χ0v) is 10.2. The molecule has 1 rings (SSSR count). The minimum Gasteiger partial charge on any atom is -0.334 e. The first-order valence-corrected chi connectivity index (χ1v) is 5.70. The van der Waals surface area contributed by atoms with Gasteiger partial charge in [0.15, 0.2) is 0 Å². The molecule has 0 bridgehead atoms. The monoisotopic (exact) mass is 213 g/mol. The Morgan fingerprint density at radius 1 is 1.40 bits per heavy atom. The Morgan fingerprint density at radius 2 is 2.07 bits per heavy atom. The molecule has 2 atom stereocenters. The summed E-state index contributed by atoms with van der Waals surface area (Å²) in [6.07, 6.45) is 2.19. The highest BCUT2D eigenvalue weighted by Gasteiger charge is 2.23. The highest BCUT2D eigenvalue weighted by molar-refractivity contribution is 5.75. The van der Waals surface area contributed by atoms with Gasteiger partial charge in [0.05, 0.1) is 0 Å². The van der Waals surface area contributed by atoms with E-state index in [1.807, 2.05) is 20.8 Å². The van der Waals surface area contributed by atoms with E-state index >= 15 is 0 Å². The first-order chi connectivity index (χ1) is 6.88. The topological polar surface area (TPSA) is 53.2 Å². The molecule has 0 aromatic heterocycles. The standard InChI is InChI=1S/C11H23N3O/c1-8-9(6-5-7-12-8)13-10(15)14-11(2,3)4/h8-9,12H,5-7H2,1-4H3,(H2,13,14,15). The van der Waals surface area contributed by atoms with Gasteiger partial charge in [-0.25, -0.2) is 4.79 Å². The molecule has 0 aromatic carbocycles. The second-order valence-corrected chi connectivity index (χ2v) is 5.34. The molecular weight excluding hydrogens is 190 g/mol. The molecule has 15 heavy (non-hydrogen) atoms. The van der Waals surface area contributed by atoms with E-state index in [4.69, 9.17) is 0 Å². The van der Waals surface area contributed by atoms with Crippen LogP contribution in [0, 0.1) is 0 Å². The molecule has 1 heterocycles. The van der Waals surface area contributed by atoms with Crippen molar-refractivity contribution in [3.8, 4) is 0 Å². The van der Waals surface area contributed by atoms with Crippen molar-refractivity contribution in [1.29, 1.82) is 0 Å². The summed E-state index contributed by atoms with van der Waals surface area (Å²) < 4.78 is 0. The van der Waals surface area contributed by atoms with Crippen molar-refractivity contribution in [3.63, 3.8) is 0 Å². The van der Waals surface area contributed by atoms with Gasteiger partial charge in [-0.05, 0) is 47.1 Å². The lowest BCUT2D eigenvalue weighted by atomic mass is 10.00. The van der Waals surface area contributed by atoms with Crippen LogP contribution in [0.2, 0.25) is 0 Å². The van der Waals surface area contributed by atoms with Crippen molar-refractivity contribution in [1.82, 2.24) is 16.0 Å². The number of carbonyl (C=O) groups is 1. The molecule has 2 unspecified atom stereocenters. The fraction of sp³-hybridized carbons (Fsp3) is 0.909. The van der Waals surface area contributed by atoms with Gasteiger partial charge in [-0.1, -0.05) is 0 Å². The third-order valence-electron chi connectivity index (χ3n) is 2.57. The number of hydrogen-bond donors (Lipinski definition) is 3. The third-order valence-corrected chi connectivity index (χ3v) is 2.57. The summed E-state index contributed by atoms with van der Waals surface area (Å²) in [6.45, 7) is 9.11. The lowest BCUT2D eigenvalue weighted by Crippen LogP contribution is -2.56. The number of piperidine rings is 1. The molecule has 2 amide bonds. The van der Waals surface area contributed by atoms with E-state index < -0.39 is 0 Å². The Hall–Kier alpha value is -0.770. The smallest absolute Gasteiger partial charge is 0.315 e. The highest BCUT2D eigenvalue weighted by Crippen LogP contribution is 2.08. The summed E-state index contributed by atoms with van der Waals surface area (Å²) in [5.41, 5.74) is -0.171. The number of urea groups is 1. The molecule has 1 aliphatic heterocycles. The Morgan fingerprint density at radius 3 is 2.60 bits per heavy atom. The highest BCUT2D eigenvalue weighted by atomic mass is 16.2. The number of hydrogen-bond acceptors (Lipinski definition) is 2. The molecule has 0 aromatic rings. The molecule has 0 spiro atoms. The number of amides is 2. The predicted molar refractivity (Wildman–Crippen MR) is 61.9 cm³/mol. The summed E-state index contributed by atoms with van der Waals surface area (Å²) in [4.78, 5) is 11.6. The van der Waals surface area contributed by atoms with Crippen molar-refractivity contribution in [3.05, 3.63) is 0 Å². The number of rotatable bonds is 1. The number of carbonyl (C=O) groups excluding carboxylic acids is 1. The van der Waals surface area contributed by atoms with Gasteiger partial charge in [0.1, 0.15) is 0 Å². The van der Waals surface area contributed by atoms with Crippen molar-refractivity contribution in [2.75, 3.05) is 6.54 Å². The van der Waals surface area contributed by atoms with Crippen LogP contribution < -0.4 is 16.0 Å². The van der Waals surface area contributed by atoms with Crippen molar-refractivity contribution in [2.45, 2.75) is 58.2 Å². The summed E-state index contributed by atoms with van der Waals surface area (Å²) in [5.74, 6) is 0. The van der Waals surface area contributed by atoms with Crippen LogP contribution in [0.4, 0.5) is 4.79 Å². The van der Waals surface area contributed by atoms with Crippen molar-refractivity contribution >= 4 is 6.03 Å². The molecule has 0 saturated carbocycles. The average Bonchev–Trinajstić information content (AvgIpc) is 2.05. The minimum atomic E-state index is -0.171. The van der Waals surface area contributed by atoms with E-state index in [2.05, 4.69) is 22.9 Å². The van der Waals surface area contributed by atoms with Gasteiger partial charge in [-0.15, -0.1) is 0 Å². The Balaban J connectivity index is 2.36. The molecule has 1 aliphatic rings. The summed E-state index contributed by atoms with van der Waals surface area (Å²) in [6, 6.07) is 0.550. The van der Waals surface area contributed by atoms with Crippen LogP contribution in [-0.2, 0) is 0 Å². The molecule has 0 radical (unpaired) electrons. The predicted octanol–water partition coefficient (Wildman–Crippen LogP) is 1.22. The van der Waals surface area contributed by atoms with E-state index in [9.17, 15) is 4.79 Å². The zero-order chi connectivity index (χ0) is 11.5. The fourth-order valence-electron chi connectivity index (χ4n) is 1.79. The SMILES string of the molecule is CC1NCCCC1NC(=O)NC(C)(C)C. The van der Waals surface area contributed by atoms with E-state index in [1.165, 1.54) is 0 Å². The van der Waals surface area contributed by atoms with Gasteiger partial charge in [-0.2, -0.15) is 0 Å². The lowest BCUT2D eigenvalue weighted by Gasteiger charge is -2.32. The van der Waals surface area contributed by atoms with Crippen LogP contribution in [0.1, 0.15) is 40.5 Å². The van der Waals surface area contributed by atoms with E-state index in [-0.39, 0.29) is 17.6 Å². The fourth-order valence-corrected chi connectivity index (χ4v) is 1.79. The van der Waals surface area contributed by atoms with Gasteiger partial charge in [0.25, 0.3) is 0 Å². The zero-order valence-electron chi connectivity index (χ0n) is 10.2. The third kappa shape index (κ3) is 4.51. The summed E-state index contributed by atoms with van der Waals surface area (Å²) in [7, 11) is 0. The normalized spacial score (nSPS) is 27.2. The molecule has 1 fully saturated rings. The van der Waals surface area contributed by atoms with Crippen LogP contribution in [0.5, 0.6) is 0 Å². The Bertz CT molecular complexity index is 222. The van der Waals surface area contributed by atoms with Crippen LogP contribution in [0.25, 0.3) is 0 Å². The maximum atomic E-state index is 11.6. The first-order valence-electron chi connectivity index (χ1n) is 5.70. The van der Waals surface area contributed by atoms with Gasteiger partial charge in [0, 0.05) is 17.6 Å². The van der Waals surface area contributed by atoms with Gasteiger partial charge in [0.2, 0.25) is 0 Å². The largest absolute Gasteiger partial charge is 0.334 e.